The monoisotopic (exact) mass is 338 g/mol. The van der Waals surface area contributed by atoms with Gasteiger partial charge in [0.15, 0.2) is 0 Å². The molecule has 0 unspecified atom stereocenters. The van der Waals surface area contributed by atoms with Crippen molar-refractivity contribution in [2.24, 2.45) is 0 Å². The van der Waals surface area contributed by atoms with Gasteiger partial charge in [0.1, 0.15) is 0 Å². The van der Waals surface area contributed by atoms with E-state index in [0.717, 1.165) is 43.0 Å². The lowest BCUT2D eigenvalue weighted by molar-refractivity contribution is -0.116. The van der Waals surface area contributed by atoms with Crippen molar-refractivity contribution in [2.45, 2.75) is 31.7 Å². The number of nitrogens with one attached hydrogen (secondary N) is 2. The number of carbonyl (C=O) groups is 1. The van der Waals surface area contributed by atoms with Crippen molar-refractivity contribution in [1.29, 1.82) is 0 Å². The second-order valence-electron chi connectivity index (χ2n) is 6.64. The average molecular weight is 338 g/mol. The van der Waals surface area contributed by atoms with Gasteiger partial charge in [0, 0.05) is 24.4 Å². The van der Waals surface area contributed by atoms with Gasteiger partial charge in [0.25, 0.3) is 0 Å². The minimum absolute atomic E-state index is 0.0169. The molecule has 2 aromatic rings. The summed E-state index contributed by atoms with van der Waals surface area (Å²) in [6.45, 7) is 2.21. The summed E-state index contributed by atoms with van der Waals surface area (Å²) in [5, 5.41) is 6.63. The van der Waals surface area contributed by atoms with Crippen LogP contribution < -0.4 is 10.6 Å². The summed E-state index contributed by atoms with van der Waals surface area (Å²) < 4.78 is 0. The second kappa shape index (κ2) is 8.62. The Kier molecular flexibility index (Phi) is 6.01. The van der Waals surface area contributed by atoms with Crippen LogP contribution >= 0.6 is 0 Å². The summed E-state index contributed by atoms with van der Waals surface area (Å²) in [6.07, 6.45) is 5.09. The van der Waals surface area contributed by atoms with E-state index in [0.29, 0.717) is 18.9 Å². The van der Waals surface area contributed by atoms with E-state index in [1.165, 1.54) is 0 Å². The van der Waals surface area contributed by atoms with Crippen LogP contribution in [0.4, 0.5) is 11.4 Å². The molecule has 1 aromatic heterocycles. The maximum Gasteiger partial charge on any atom is 0.224 e. The first kappa shape index (κ1) is 17.4. The lowest BCUT2D eigenvalue weighted by atomic mass is 10.0. The van der Waals surface area contributed by atoms with Gasteiger partial charge in [-0.05, 0) is 63.7 Å². The predicted octanol–water partition coefficient (Wildman–Crippen LogP) is 3.16. The largest absolute Gasteiger partial charge is 0.381 e. The minimum Gasteiger partial charge on any atom is -0.381 e. The maximum absolute atomic E-state index is 12.3. The van der Waals surface area contributed by atoms with Crippen LogP contribution in [0.15, 0.2) is 48.7 Å². The van der Waals surface area contributed by atoms with E-state index in [1.807, 2.05) is 42.5 Å². The van der Waals surface area contributed by atoms with E-state index in [4.69, 9.17) is 0 Å². The van der Waals surface area contributed by atoms with Crippen molar-refractivity contribution in [3.63, 3.8) is 0 Å². The van der Waals surface area contributed by atoms with Crippen molar-refractivity contribution < 1.29 is 4.79 Å². The first-order valence-electron chi connectivity index (χ1n) is 8.94. The zero-order valence-corrected chi connectivity index (χ0v) is 14.7. The second-order valence-corrected chi connectivity index (χ2v) is 6.64. The molecular formula is C20H26N4O. The summed E-state index contributed by atoms with van der Waals surface area (Å²) >= 11 is 0. The number of benzene rings is 1. The van der Waals surface area contributed by atoms with Gasteiger partial charge in [0.2, 0.25) is 5.91 Å². The third-order valence-corrected chi connectivity index (χ3v) is 4.61. The van der Waals surface area contributed by atoms with E-state index in [1.54, 1.807) is 6.20 Å². The molecule has 132 valence electrons. The summed E-state index contributed by atoms with van der Waals surface area (Å²) in [5.74, 6) is 0.0169. The molecule has 1 saturated heterocycles. The molecule has 2 N–H and O–H groups in total. The van der Waals surface area contributed by atoms with Crippen LogP contribution in [0.1, 0.15) is 25.0 Å². The van der Waals surface area contributed by atoms with E-state index in [2.05, 4.69) is 27.6 Å². The Morgan fingerprint density at radius 3 is 2.56 bits per heavy atom. The van der Waals surface area contributed by atoms with Crippen molar-refractivity contribution in [2.75, 3.05) is 30.8 Å². The molecule has 1 amide bonds. The third kappa shape index (κ3) is 5.29. The van der Waals surface area contributed by atoms with Crippen LogP contribution in [0.5, 0.6) is 0 Å². The Morgan fingerprint density at radius 1 is 1.12 bits per heavy atom. The summed E-state index contributed by atoms with van der Waals surface area (Å²) in [4.78, 5) is 18.9. The molecule has 1 aliphatic rings. The molecule has 0 atom stereocenters. The van der Waals surface area contributed by atoms with Crippen molar-refractivity contribution in [1.82, 2.24) is 9.88 Å². The van der Waals surface area contributed by atoms with Crippen LogP contribution in [-0.2, 0) is 11.2 Å². The number of carbonyl (C=O) groups excluding carboxylic acids is 1. The highest BCUT2D eigenvalue weighted by Gasteiger charge is 2.17. The molecule has 5 nitrogen and oxygen atoms in total. The lowest BCUT2D eigenvalue weighted by Crippen LogP contribution is -2.36. The fourth-order valence-corrected chi connectivity index (χ4v) is 3.09. The number of rotatable bonds is 6. The molecule has 5 heteroatoms. The number of para-hydroxylation sites is 2. The van der Waals surface area contributed by atoms with Gasteiger partial charge >= 0.3 is 0 Å². The molecule has 1 aliphatic heterocycles. The number of aryl methyl sites for hydroxylation is 1. The summed E-state index contributed by atoms with van der Waals surface area (Å²) in [5.41, 5.74) is 2.80. The molecule has 25 heavy (non-hydrogen) atoms. The molecule has 0 radical (unpaired) electrons. The van der Waals surface area contributed by atoms with Crippen molar-refractivity contribution >= 4 is 17.3 Å². The van der Waals surface area contributed by atoms with Crippen LogP contribution in [0.2, 0.25) is 0 Å². The van der Waals surface area contributed by atoms with E-state index < -0.39 is 0 Å². The number of hydrogen-bond acceptors (Lipinski definition) is 4. The SMILES string of the molecule is CN1CCC(Nc2ccccc2NC(=O)CCc2ccccn2)CC1. The predicted molar refractivity (Wildman–Crippen MR) is 102 cm³/mol. The minimum atomic E-state index is 0.0169. The fourth-order valence-electron chi connectivity index (χ4n) is 3.09. The van der Waals surface area contributed by atoms with Gasteiger partial charge in [-0.3, -0.25) is 9.78 Å². The van der Waals surface area contributed by atoms with Gasteiger partial charge in [-0.1, -0.05) is 18.2 Å². The number of nitrogens with zero attached hydrogens (tertiary/aromatic N) is 2. The van der Waals surface area contributed by atoms with Crippen molar-refractivity contribution in [3.8, 4) is 0 Å². The molecule has 0 saturated carbocycles. The third-order valence-electron chi connectivity index (χ3n) is 4.61. The number of hydrogen-bond donors (Lipinski definition) is 2. The molecular weight excluding hydrogens is 312 g/mol. The van der Waals surface area contributed by atoms with Gasteiger partial charge in [-0.25, -0.2) is 0 Å². The highest BCUT2D eigenvalue weighted by atomic mass is 16.1. The van der Waals surface area contributed by atoms with E-state index in [9.17, 15) is 4.79 Å². The molecule has 0 bridgehead atoms. The highest BCUT2D eigenvalue weighted by molar-refractivity contribution is 5.94. The topological polar surface area (TPSA) is 57.3 Å². The van der Waals surface area contributed by atoms with Gasteiger partial charge < -0.3 is 15.5 Å². The van der Waals surface area contributed by atoms with Gasteiger partial charge in [-0.15, -0.1) is 0 Å². The molecule has 0 spiro atoms. The van der Waals surface area contributed by atoms with E-state index in [-0.39, 0.29) is 5.91 Å². The Hall–Kier alpha value is -2.40. The smallest absolute Gasteiger partial charge is 0.224 e. The Labute approximate surface area is 149 Å². The Balaban J connectivity index is 1.56. The number of aromatic nitrogens is 1. The number of likely N-dealkylation sites (tertiary alicyclic amines) is 1. The quantitative estimate of drug-likeness (QED) is 0.849. The lowest BCUT2D eigenvalue weighted by Gasteiger charge is -2.30. The molecule has 1 aromatic carbocycles. The fraction of sp³-hybridized carbons (Fsp3) is 0.400. The number of anilines is 2. The number of amides is 1. The van der Waals surface area contributed by atoms with Crippen LogP contribution in [0.25, 0.3) is 0 Å². The molecule has 0 aliphatic carbocycles. The summed E-state index contributed by atoms with van der Waals surface area (Å²) in [7, 11) is 2.16. The molecule has 2 heterocycles. The first-order valence-corrected chi connectivity index (χ1v) is 8.94. The first-order chi connectivity index (χ1) is 12.2. The molecule has 1 fully saturated rings. The van der Waals surface area contributed by atoms with Gasteiger partial charge in [-0.2, -0.15) is 0 Å². The van der Waals surface area contributed by atoms with Gasteiger partial charge in [0.05, 0.1) is 11.4 Å². The normalized spacial score (nSPS) is 15.7. The maximum atomic E-state index is 12.3. The van der Waals surface area contributed by atoms with Crippen LogP contribution in [-0.4, -0.2) is 42.0 Å². The summed E-state index contributed by atoms with van der Waals surface area (Å²) in [6, 6.07) is 14.2. The van der Waals surface area contributed by atoms with Crippen LogP contribution in [0.3, 0.4) is 0 Å². The number of pyridine rings is 1. The number of piperidine rings is 1. The Morgan fingerprint density at radius 2 is 1.84 bits per heavy atom. The molecule has 3 rings (SSSR count). The van der Waals surface area contributed by atoms with Crippen molar-refractivity contribution in [3.05, 3.63) is 54.4 Å². The standard InChI is InChI=1S/C20H26N4O/c1-24-14-11-17(12-15-24)22-18-7-2-3-8-19(18)23-20(25)10-9-16-6-4-5-13-21-16/h2-8,13,17,22H,9-12,14-15H2,1H3,(H,23,25). The zero-order chi connectivity index (χ0) is 17.5. The van der Waals surface area contributed by atoms with Crippen LogP contribution in [0, 0.1) is 0 Å². The van der Waals surface area contributed by atoms with E-state index >= 15 is 0 Å². The highest BCUT2D eigenvalue weighted by Crippen LogP contribution is 2.24. The Bertz CT molecular complexity index is 681. The average Bonchev–Trinajstić information content (AvgIpc) is 2.64. The zero-order valence-electron chi connectivity index (χ0n) is 14.7.